The number of hydrogen-bond donors (Lipinski definition) is 1. The second-order valence-electron chi connectivity index (χ2n) is 6.28. The Balaban J connectivity index is 1.42. The third-order valence-electron chi connectivity index (χ3n) is 4.72. The van der Waals surface area contributed by atoms with E-state index >= 15 is 0 Å². The lowest BCUT2D eigenvalue weighted by Gasteiger charge is -2.33. The van der Waals surface area contributed by atoms with Crippen LogP contribution in [-0.4, -0.2) is 18.2 Å². The topological polar surface area (TPSA) is 21.3 Å². The van der Waals surface area contributed by atoms with E-state index in [0.29, 0.717) is 6.10 Å². The monoisotopic (exact) mass is 337 g/mol. The zero-order valence-corrected chi connectivity index (χ0v) is 13.6. The summed E-state index contributed by atoms with van der Waals surface area (Å²) in [4.78, 5) is 0. The van der Waals surface area contributed by atoms with Gasteiger partial charge < -0.3 is 10.1 Å². The van der Waals surface area contributed by atoms with Gasteiger partial charge in [0.1, 0.15) is 0 Å². The van der Waals surface area contributed by atoms with Gasteiger partial charge >= 0.3 is 0 Å². The molecule has 1 aliphatic carbocycles. The lowest BCUT2D eigenvalue weighted by Crippen LogP contribution is -2.34. The normalized spacial score (nSPS) is 25.1. The molecule has 0 amide bonds. The van der Waals surface area contributed by atoms with E-state index in [2.05, 4.69) is 45.5 Å². The molecular weight excluding hydrogens is 314 g/mol. The van der Waals surface area contributed by atoms with E-state index in [4.69, 9.17) is 4.74 Å². The van der Waals surface area contributed by atoms with Crippen molar-refractivity contribution in [1.29, 1.82) is 0 Å². The molecule has 20 heavy (non-hydrogen) atoms. The summed E-state index contributed by atoms with van der Waals surface area (Å²) >= 11 is 3.47. The summed E-state index contributed by atoms with van der Waals surface area (Å²) < 4.78 is 7.52. The van der Waals surface area contributed by atoms with Gasteiger partial charge in [0.15, 0.2) is 0 Å². The van der Waals surface area contributed by atoms with E-state index in [1.807, 2.05) is 0 Å². The van der Waals surface area contributed by atoms with Crippen LogP contribution in [0.15, 0.2) is 28.7 Å². The Bertz CT molecular complexity index is 425. The maximum absolute atomic E-state index is 6.38. The summed E-state index contributed by atoms with van der Waals surface area (Å²) in [5.74, 6) is 0. The van der Waals surface area contributed by atoms with Crippen molar-refractivity contribution in [2.75, 3.05) is 6.54 Å². The second kappa shape index (κ2) is 6.59. The molecule has 2 fully saturated rings. The second-order valence-corrected chi connectivity index (χ2v) is 7.20. The predicted octanol–water partition coefficient (Wildman–Crippen LogP) is 4.42. The van der Waals surface area contributed by atoms with E-state index in [-0.39, 0.29) is 5.60 Å². The third kappa shape index (κ3) is 3.63. The molecule has 1 saturated heterocycles. The van der Waals surface area contributed by atoms with Crippen LogP contribution >= 0.6 is 15.9 Å². The fourth-order valence-electron chi connectivity index (χ4n) is 3.58. The van der Waals surface area contributed by atoms with Crippen LogP contribution in [0.4, 0.5) is 0 Å². The van der Waals surface area contributed by atoms with Crippen LogP contribution in [0, 0.1) is 0 Å². The van der Waals surface area contributed by atoms with E-state index < -0.39 is 0 Å². The number of ether oxygens (including phenoxy) is 1. The first-order chi connectivity index (χ1) is 9.76. The van der Waals surface area contributed by atoms with Crippen molar-refractivity contribution in [3.8, 4) is 0 Å². The summed E-state index contributed by atoms with van der Waals surface area (Å²) in [7, 11) is 0. The van der Waals surface area contributed by atoms with Crippen LogP contribution < -0.4 is 5.32 Å². The Kier molecular flexibility index (Phi) is 4.79. The van der Waals surface area contributed by atoms with E-state index in [1.165, 1.54) is 50.5 Å². The Hall–Kier alpha value is -0.380. The average molecular weight is 338 g/mol. The van der Waals surface area contributed by atoms with E-state index in [1.54, 1.807) is 0 Å². The maximum Gasteiger partial charge on any atom is 0.0708 e. The molecule has 110 valence electrons. The van der Waals surface area contributed by atoms with Gasteiger partial charge in [-0.1, -0.05) is 47.3 Å². The fraction of sp³-hybridized carbons (Fsp3) is 0.647. The highest BCUT2D eigenvalue weighted by Crippen LogP contribution is 2.41. The van der Waals surface area contributed by atoms with Crippen LogP contribution in [0.1, 0.15) is 50.5 Å². The van der Waals surface area contributed by atoms with Gasteiger partial charge in [-0.05, 0) is 43.4 Å². The van der Waals surface area contributed by atoms with Gasteiger partial charge in [0, 0.05) is 17.6 Å². The summed E-state index contributed by atoms with van der Waals surface area (Å²) in [6.07, 6.45) is 9.62. The Morgan fingerprint density at radius 1 is 1.10 bits per heavy atom. The van der Waals surface area contributed by atoms with Crippen molar-refractivity contribution in [2.45, 2.75) is 63.2 Å². The third-order valence-corrected chi connectivity index (χ3v) is 5.25. The van der Waals surface area contributed by atoms with Crippen LogP contribution in [-0.2, 0) is 11.3 Å². The molecule has 2 nitrogen and oxygen atoms in total. The quantitative estimate of drug-likeness (QED) is 0.877. The SMILES string of the molecule is Brc1ccc(CNCC2CCC3(CCCCC3)O2)cc1. The molecule has 2 aliphatic rings. The van der Waals surface area contributed by atoms with Gasteiger partial charge in [-0.2, -0.15) is 0 Å². The van der Waals surface area contributed by atoms with Crippen molar-refractivity contribution in [3.05, 3.63) is 34.3 Å². The zero-order valence-electron chi connectivity index (χ0n) is 12.0. The lowest BCUT2D eigenvalue weighted by atomic mass is 9.83. The lowest BCUT2D eigenvalue weighted by molar-refractivity contribution is -0.0624. The number of benzene rings is 1. The fourth-order valence-corrected chi connectivity index (χ4v) is 3.85. The van der Waals surface area contributed by atoms with Crippen LogP contribution in [0.2, 0.25) is 0 Å². The van der Waals surface area contributed by atoms with Gasteiger partial charge in [-0.25, -0.2) is 0 Å². The van der Waals surface area contributed by atoms with Crippen LogP contribution in [0.25, 0.3) is 0 Å². The standard InChI is InChI=1S/C17H24BrNO/c18-15-6-4-14(5-7-15)12-19-13-16-8-11-17(20-16)9-2-1-3-10-17/h4-7,16,19H,1-3,8-13H2. The Labute approximate surface area is 130 Å². The van der Waals surface area contributed by atoms with Crippen molar-refractivity contribution < 1.29 is 4.74 Å². The first kappa shape index (κ1) is 14.6. The summed E-state index contributed by atoms with van der Waals surface area (Å²) in [6, 6.07) is 8.52. The summed E-state index contributed by atoms with van der Waals surface area (Å²) in [6.45, 7) is 1.91. The van der Waals surface area contributed by atoms with E-state index in [0.717, 1.165) is 17.6 Å². The number of halogens is 1. The molecule has 1 saturated carbocycles. The molecule has 3 rings (SSSR count). The van der Waals surface area contributed by atoms with Gasteiger partial charge in [0.2, 0.25) is 0 Å². The minimum atomic E-state index is 0.252. The summed E-state index contributed by atoms with van der Waals surface area (Å²) in [5, 5.41) is 3.54. The molecule has 1 unspecified atom stereocenters. The Morgan fingerprint density at radius 2 is 1.85 bits per heavy atom. The van der Waals surface area contributed by atoms with Crippen molar-refractivity contribution in [2.24, 2.45) is 0 Å². The van der Waals surface area contributed by atoms with Crippen molar-refractivity contribution in [1.82, 2.24) is 5.32 Å². The number of nitrogens with one attached hydrogen (secondary N) is 1. The van der Waals surface area contributed by atoms with Gasteiger partial charge in [0.05, 0.1) is 11.7 Å². The van der Waals surface area contributed by atoms with Gasteiger partial charge in [-0.3, -0.25) is 0 Å². The largest absolute Gasteiger partial charge is 0.370 e. The average Bonchev–Trinajstić information content (AvgIpc) is 2.85. The molecule has 1 spiro atoms. The molecule has 0 radical (unpaired) electrons. The van der Waals surface area contributed by atoms with Gasteiger partial charge in [0.25, 0.3) is 0 Å². The van der Waals surface area contributed by atoms with Crippen molar-refractivity contribution in [3.63, 3.8) is 0 Å². The molecule has 1 aromatic rings. The molecular formula is C17H24BrNO. The van der Waals surface area contributed by atoms with E-state index in [9.17, 15) is 0 Å². The molecule has 0 aromatic heterocycles. The molecule has 0 bridgehead atoms. The minimum absolute atomic E-state index is 0.252. The molecule has 1 aromatic carbocycles. The number of hydrogen-bond acceptors (Lipinski definition) is 2. The number of rotatable bonds is 4. The highest BCUT2D eigenvalue weighted by molar-refractivity contribution is 9.10. The van der Waals surface area contributed by atoms with Gasteiger partial charge in [-0.15, -0.1) is 0 Å². The Morgan fingerprint density at radius 3 is 2.60 bits per heavy atom. The predicted molar refractivity (Wildman–Crippen MR) is 85.8 cm³/mol. The summed E-state index contributed by atoms with van der Waals surface area (Å²) in [5.41, 5.74) is 1.58. The molecule has 1 heterocycles. The maximum atomic E-state index is 6.38. The molecule has 1 aliphatic heterocycles. The van der Waals surface area contributed by atoms with Crippen LogP contribution in [0.3, 0.4) is 0 Å². The highest BCUT2D eigenvalue weighted by atomic mass is 79.9. The zero-order chi connectivity index (χ0) is 13.8. The minimum Gasteiger partial charge on any atom is -0.370 e. The highest BCUT2D eigenvalue weighted by Gasteiger charge is 2.40. The first-order valence-electron chi connectivity index (χ1n) is 7.89. The molecule has 3 heteroatoms. The molecule has 1 N–H and O–H groups in total. The van der Waals surface area contributed by atoms with Crippen molar-refractivity contribution >= 4 is 15.9 Å². The molecule has 1 atom stereocenters. The van der Waals surface area contributed by atoms with Crippen LogP contribution in [0.5, 0.6) is 0 Å². The smallest absolute Gasteiger partial charge is 0.0708 e. The first-order valence-corrected chi connectivity index (χ1v) is 8.68.